The van der Waals surface area contributed by atoms with Gasteiger partial charge in [0.05, 0.1) is 7.11 Å². The lowest BCUT2D eigenvalue weighted by atomic mass is 10.8. The van der Waals surface area contributed by atoms with Crippen molar-refractivity contribution >= 4 is 17.7 Å². The number of ether oxygens (including phenoxy) is 1. The Morgan fingerprint density at radius 1 is 1.88 bits per heavy atom. The van der Waals surface area contributed by atoms with Gasteiger partial charge in [0.15, 0.2) is 0 Å². The summed E-state index contributed by atoms with van der Waals surface area (Å²) >= 11 is 1.44. The Balaban J connectivity index is 2.99. The smallest absolute Gasteiger partial charge is 0.320 e. The molecule has 8 heavy (non-hydrogen) atoms. The second-order valence-corrected chi connectivity index (χ2v) is 2.24. The van der Waals surface area contributed by atoms with Gasteiger partial charge >= 0.3 is 5.97 Å². The van der Waals surface area contributed by atoms with Crippen LogP contribution < -0.4 is 0 Å². The van der Waals surface area contributed by atoms with Crippen molar-refractivity contribution in [3.63, 3.8) is 0 Å². The van der Waals surface area contributed by atoms with E-state index in [9.17, 15) is 4.79 Å². The SMILES string of the molecule is CCS[CH]C(=O)OC. The Morgan fingerprint density at radius 2 is 2.50 bits per heavy atom. The predicted octanol–water partition coefficient (Wildman–Crippen LogP) is 1.07. The van der Waals surface area contributed by atoms with Crippen LogP contribution in [0.1, 0.15) is 6.92 Å². The predicted molar refractivity (Wildman–Crippen MR) is 34.4 cm³/mol. The van der Waals surface area contributed by atoms with E-state index in [1.165, 1.54) is 24.6 Å². The molecule has 0 unspecified atom stereocenters. The van der Waals surface area contributed by atoms with Crippen molar-refractivity contribution in [2.45, 2.75) is 6.92 Å². The third-order valence-electron chi connectivity index (χ3n) is 0.547. The molecule has 0 saturated carbocycles. The summed E-state index contributed by atoms with van der Waals surface area (Å²) in [6, 6.07) is 0. The van der Waals surface area contributed by atoms with Crippen LogP contribution >= 0.6 is 11.8 Å². The Kier molecular flexibility index (Phi) is 4.85. The normalized spacial score (nSPS) is 8.75. The fourth-order valence-electron chi connectivity index (χ4n) is 0.199. The zero-order valence-corrected chi connectivity index (χ0v) is 5.83. The van der Waals surface area contributed by atoms with E-state index in [-0.39, 0.29) is 5.97 Å². The molecule has 0 atom stereocenters. The highest BCUT2D eigenvalue weighted by molar-refractivity contribution is 8.01. The van der Waals surface area contributed by atoms with Crippen LogP contribution in [0.25, 0.3) is 0 Å². The minimum Gasteiger partial charge on any atom is -0.468 e. The van der Waals surface area contributed by atoms with Crippen LogP contribution in [0, 0.1) is 5.75 Å². The Bertz CT molecular complexity index is 72.8. The number of thioether (sulfide) groups is 1. The van der Waals surface area contributed by atoms with Gasteiger partial charge in [-0.3, -0.25) is 4.79 Å². The number of carbonyl (C=O) groups excluding carboxylic acids is 1. The van der Waals surface area contributed by atoms with Crippen molar-refractivity contribution in [3.05, 3.63) is 5.75 Å². The van der Waals surface area contributed by atoms with E-state index in [0.29, 0.717) is 0 Å². The van der Waals surface area contributed by atoms with Crippen molar-refractivity contribution in [1.82, 2.24) is 0 Å². The summed E-state index contributed by atoms with van der Waals surface area (Å²) in [6.45, 7) is 1.98. The molecule has 1 radical (unpaired) electrons. The number of hydrogen-bond donors (Lipinski definition) is 0. The molecule has 0 bridgehead atoms. The van der Waals surface area contributed by atoms with Gasteiger partial charge in [0.1, 0.15) is 5.75 Å². The maximum Gasteiger partial charge on any atom is 0.320 e. The van der Waals surface area contributed by atoms with Crippen LogP contribution in [0.15, 0.2) is 0 Å². The summed E-state index contributed by atoms with van der Waals surface area (Å²) in [6.07, 6.45) is 0. The van der Waals surface area contributed by atoms with E-state index >= 15 is 0 Å². The van der Waals surface area contributed by atoms with Crippen LogP contribution in [0.2, 0.25) is 0 Å². The van der Waals surface area contributed by atoms with E-state index in [2.05, 4.69) is 4.74 Å². The van der Waals surface area contributed by atoms with Crippen LogP contribution in [0.5, 0.6) is 0 Å². The molecular weight excluding hydrogens is 124 g/mol. The third kappa shape index (κ3) is 3.99. The Hall–Kier alpha value is -0.180. The monoisotopic (exact) mass is 133 g/mol. The van der Waals surface area contributed by atoms with Crippen LogP contribution in [0.3, 0.4) is 0 Å². The van der Waals surface area contributed by atoms with Gasteiger partial charge in [-0.15, -0.1) is 11.8 Å². The highest BCUT2D eigenvalue weighted by Gasteiger charge is 1.96. The molecule has 0 spiro atoms. The first kappa shape index (κ1) is 7.82. The van der Waals surface area contributed by atoms with E-state index in [4.69, 9.17) is 0 Å². The summed E-state index contributed by atoms with van der Waals surface area (Å²) in [5.41, 5.74) is 0. The number of esters is 1. The topological polar surface area (TPSA) is 26.3 Å². The summed E-state index contributed by atoms with van der Waals surface area (Å²) < 4.78 is 4.34. The molecule has 0 aliphatic rings. The van der Waals surface area contributed by atoms with Crippen molar-refractivity contribution < 1.29 is 9.53 Å². The molecule has 0 aromatic rings. The van der Waals surface area contributed by atoms with Crippen molar-refractivity contribution in [1.29, 1.82) is 0 Å². The molecule has 0 amide bonds. The maximum atomic E-state index is 10.3. The second-order valence-electron chi connectivity index (χ2n) is 1.10. The lowest BCUT2D eigenvalue weighted by molar-refractivity contribution is -0.135. The quantitative estimate of drug-likeness (QED) is 0.539. The standard InChI is InChI=1S/C5H9O2S/c1-3-8-4-5(6)7-2/h4H,3H2,1-2H3. The molecule has 0 aromatic heterocycles. The molecule has 0 heterocycles. The average Bonchev–Trinajstić information content (AvgIpc) is 1.83. The Morgan fingerprint density at radius 3 is 2.88 bits per heavy atom. The lowest BCUT2D eigenvalue weighted by Crippen LogP contribution is -1.97. The van der Waals surface area contributed by atoms with E-state index in [1.807, 2.05) is 6.92 Å². The van der Waals surface area contributed by atoms with Crippen molar-refractivity contribution in [2.75, 3.05) is 12.9 Å². The zero-order valence-electron chi connectivity index (χ0n) is 5.01. The molecule has 2 nitrogen and oxygen atoms in total. The molecule has 0 saturated heterocycles. The van der Waals surface area contributed by atoms with Crippen LogP contribution in [-0.2, 0) is 9.53 Å². The maximum absolute atomic E-state index is 10.3. The molecule has 0 aliphatic carbocycles. The van der Waals surface area contributed by atoms with E-state index in [1.54, 1.807) is 0 Å². The average molecular weight is 133 g/mol. The lowest BCUT2D eigenvalue weighted by Gasteiger charge is -1.92. The molecule has 0 aliphatic heterocycles. The second kappa shape index (κ2) is 4.97. The number of carbonyl (C=O) groups is 1. The Labute approximate surface area is 53.6 Å². The van der Waals surface area contributed by atoms with Gasteiger partial charge in [-0.1, -0.05) is 6.92 Å². The molecule has 0 N–H and O–H groups in total. The minimum atomic E-state index is -0.267. The van der Waals surface area contributed by atoms with Gasteiger partial charge in [-0.2, -0.15) is 0 Å². The minimum absolute atomic E-state index is 0.267. The van der Waals surface area contributed by atoms with Crippen molar-refractivity contribution in [2.24, 2.45) is 0 Å². The van der Waals surface area contributed by atoms with Crippen LogP contribution in [0.4, 0.5) is 0 Å². The van der Waals surface area contributed by atoms with Crippen molar-refractivity contribution in [3.8, 4) is 0 Å². The number of methoxy groups -OCH3 is 1. The fourth-order valence-corrected chi connectivity index (χ4v) is 0.598. The molecular formula is C5H9O2S. The van der Waals surface area contributed by atoms with Gasteiger partial charge in [-0.05, 0) is 5.75 Å². The van der Waals surface area contributed by atoms with E-state index in [0.717, 1.165) is 5.75 Å². The summed E-state index contributed by atoms with van der Waals surface area (Å²) in [5, 5.41) is 0. The number of rotatable bonds is 3. The first-order chi connectivity index (χ1) is 3.81. The number of hydrogen-bond acceptors (Lipinski definition) is 3. The zero-order chi connectivity index (χ0) is 6.41. The van der Waals surface area contributed by atoms with Gasteiger partial charge in [0, 0.05) is 0 Å². The summed E-state index contributed by atoms with van der Waals surface area (Å²) in [7, 11) is 1.37. The largest absolute Gasteiger partial charge is 0.468 e. The molecule has 0 aromatic carbocycles. The van der Waals surface area contributed by atoms with E-state index < -0.39 is 0 Å². The van der Waals surface area contributed by atoms with Gasteiger partial charge in [0.2, 0.25) is 0 Å². The highest BCUT2D eigenvalue weighted by atomic mass is 32.2. The summed E-state index contributed by atoms with van der Waals surface area (Å²) in [4.78, 5) is 10.3. The summed E-state index contributed by atoms with van der Waals surface area (Å²) in [5.74, 6) is 2.10. The van der Waals surface area contributed by atoms with Crippen LogP contribution in [-0.4, -0.2) is 18.8 Å². The van der Waals surface area contributed by atoms with Gasteiger partial charge < -0.3 is 4.74 Å². The third-order valence-corrected chi connectivity index (χ3v) is 1.24. The first-order valence-electron chi connectivity index (χ1n) is 2.34. The van der Waals surface area contributed by atoms with Gasteiger partial charge in [-0.25, -0.2) is 0 Å². The molecule has 0 rings (SSSR count). The molecule has 47 valence electrons. The first-order valence-corrected chi connectivity index (χ1v) is 3.39. The molecule has 3 heteroatoms. The molecule has 0 fully saturated rings. The highest BCUT2D eigenvalue weighted by Crippen LogP contribution is 2.03. The fraction of sp³-hybridized carbons (Fsp3) is 0.600. The van der Waals surface area contributed by atoms with Gasteiger partial charge in [0.25, 0.3) is 0 Å².